The van der Waals surface area contributed by atoms with Crippen LogP contribution in [0.1, 0.15) is 5.56 Å². The van der Waals surface area contributed by atoms with Crippen LogP contribution in [0.3, 0.4) is 0 Å². The van der Waals surface area contributed by atoms with E-state index in [0.717, 1.165) is 5.56 Å². The molecule has 0 saturated carbocycles. The number of hydrogen-bond acceptors (Lipinski definition) is 3. The van der Waals surface area contributed by atoms with E-state index in [1.165, 1.54) is 6.20 Å². The molecule has 0 bridgehead atoms. The zero-order valence-electron chi connectivity index (χ0n) is 8.84. The lowest BCUT2D eigenvalue weighted by atomic mass is 10.2. The van der Waals surface area contributed by atoms with Crippen LogP contribution in [-0.2, 0) is 0 Å². The Labute approximate surface area is 114 Å². The lowest BCUT2D eigenvalue weighted by molar-refractivity contribution is 1.17. The van der Waals surface area contributed by atoms with Gasteiger partial charge in [0.25, 0.3) is 0 Å². The third kappa shape index (κ3) is 3.00. The molecule has 1 heterocycles. The van der Waals surface area contributed by atoms with Crippen molar-refractivity contribution in [3.8, 4) is 0 Å². The van der Waals surface area contributed by atoms with E-state index in [9.17, 15) is 0 Å². The van der Waals surface area contributed by atoms with Crippen molar-refractivity contribution in [2.75, 3.05) is 5.32 Å². The summed E-state index contributed by atoms with van der Waals surface area (Å²) in [5, 5.41) is 4.11. The minimum absolute atomic E-state index is 0.125. The maximum atomic E-state index is 6.09. The van der Waals surface area contributed by atoms with Crippen molar-refractivity contribution < 1.29 is 0 Å². The maximum Gasteiger partial charge on any atom is 0.224 e. The Morgan fingerprint density at radius 3 is 2.59 bits per heavy atom. The van der Waals surface area contributed by atoms with Gasteiger partial charge in [-0.05, 0) is 36.2 Å². The third-order valence-electron chi connectivity index (χ3n) is 2.09. The van der Waals surface area contributed by atoms with Crippen LogP contribution in [0.5, 0.6) is 0 Å². The van der Waals surface area contributed by atoms with E-state index >= 15 is 0 Å². The molecule has 88 valence electrons. The second-order valence-electron chi connectivity index (χ2n) is 3.44. The Bertz CT molecular complexity index is 558. The average Bonchev–Trinajstić information content (AvgIpc) is 2.27. The van der Waals surface area contributed by atoms with Crippen molar-refractivity contribution in [2.24, 2.45) is 0 Å². The van der Waals surface area contributed by atoms with E-state index in [4.69, 9.17) is 34.8 Å². The highest BCUT2D eigenvalue weighted by Gasteiger charge is 2.07. The van der Waals surface area contributed by atoms with E-state index in [-0.39, 0.29) is 5.28 Å². The fourth-order valence-electron chi connectivity index (χ4n) is 1.28. The molecule has 0 saturated heterocycles. The van der Waals surface area contributed by atoms with Crippen LogP contribution < -0.4 is 5.32 Å². The zero-order chi connectivity index (χ0) is 12.4. The standard InChI is InChI=1S/C11H8Cl3N3/c1-6-2-3-9(7(12)4-6)16-10-8(13)5-15-11(14)17-10/h2-5H,1H3,(H,15,16,17). The molecular formula is C11H8Cl3N3. The van der Waals surface area contributed by atoms with E-state index < -0.39 is 0 Å². The van der Waals surface area contributed by atoms with E-state index in [1.54, 1.807) is 0 Å². The summed E-state index contributed by atoms with van der Waals surface area (Å²) in [6.07, 6.45) is 1.43. The first kappa shape index (κ1) is 12.4. The van der Waals surface area contributed by atoms with Crippen molar-refractivity contribution >= 4 is 46.3 Å². The fourth-order valence-corrected chi connectivity index (χ4v) is 1.84. The summed E-state index contributed by atoms with van der Waals surface area (Å²) < 4.78 is 0. The molecule has 0 unspecified atom stereocenters. The molecule has 17 heavy (non-hydrogen) atoms. The van der Waals surface area contributed by atoms with Crippen molar-refractivity contribution in [3.05, 3.63) is 45.3 Å². The normalized spacial score (nSPS) is 10.4. The molecule has 0 aliphatic carbocycles. The Morgan fingerprint density at radius 2 is 1.88 bits per heavy atom. The average molecular weight is 289 g/mol. The quantitative estimate of drug-likeness (QED) is 0.827. The largest absolute Gasteiger partial charge is 0.338 e. The van der Waals surface area contributed by atoms with Gasteiger partial charge in [-0.25, -0.2) is 4.98 Å². The van der Waals surface area contributed by atoms with Gasteiger partial charge >= 0.3 is 0 Å². The second-order valence-corrected chi connectivity index (χ2v) is 4.60. The predicted molar refractivity (Wildman–Crippen MR) is 71.5 cm³/mol. The molecule has 1 N–H and O–H groups in total. The Kier molecular flexibility index (Phi) is 3.72. The molecule has 1 aromatic carbocycles. The number of aryl methyl sites for hydroxylation is 1. The van der Waals surface area contributed by atoms with Gasteiger partial charge in [-0.3, -0.25) is 0 Å². The van der Waals surface area contributed by atoms with Crippen molar-refractivity contribution in [1.29, 1.82) is 0 Å². The summed E-state index contributed by atoms with van der Waals surface area (Å²) in [5.74, 6) is 0.428. The number of nitrogens with zero attached hydrogens (tertiary/aromatic N) is 2. The minimum Gasteiger partial charge on any atom is -0.338 e. The topological polar surface area (TPSA) is 37.8 Å². The van der Waals surface area contributed by atoms with Gasteiger partial charge in [0.15, 0.2) is 5.82 Å². The molecule has 0 aliphatic heterocycles. The first-order valence-corrected chi connectivity index (χ1v) is 5.91. The van der Waals surface area contributed by atoms with Crippen LogP contribution >= 0.6 is 34.8 Å². The number of rotatable bonds is 2. The lowest BCUT2D eigenvalue weighted by Gasteiger charge is -2.09. The maximum absolute atomic E-state index is 6.09. The predicted octanol–water partition coefficient (Wildman–Crippen LogP) is 4.49. The smallest absolute Gasteiger partial charge is 0.224 e. The van der Waals surface area contributed by atoms with Crippen LogP contribution in [0, 0.1) is 6.92 Å². The highest BCUT2D eigenvalue weighted by Crippen LogP contribution is 2.29. The summed E-state index contributed by atoms with van der Waals surface area (Å²) >= 11 is 17.7. The monoisotopic (exact) mass is 287 g/mol. The molecule has 1 aromatic heterocycles. The first-order valence-electron chi connectivity index (χ1n) is 4.77. The first-order chi connectivity index (χ1) is 8.06. The summed E-state index contributed by atoms with van der Waals surface area (Å²) in [6.45, 7) is 1.96. The minimum atomic E-state index is 0.125. The molecule has 0 spiro atoms. The van der Waals surface area contributed by atoms with Crippen molar-refractivity contribution in [2.45, 2.75) is 6.92 Å². The Hall–Kier alpha value is -1.03. The zero-order valence-corrected chi connectivity index (χ0v) is 11.1. The van der Waals surface area contributed by atoms with Crippen molar-refractivity contribution in [3.63, 3.8) is 0 Å². The Balaban J connectivity index is 2.34. The SMILES string of the molecule is Cc1ccc(Nc2nc(Cl)ncc2Cl)c(Cl)c1. The van der Waals surface area contributed by atoms with Crippen LogP contribution in [0.4, 0.5) is 11.5 Å². The van der Waals surface area contributed by atoms with Gasteiger partial charge in [-0.2, -0.15) is 4.98 Å². The summed E-state index contributed by atoms with van der Waals surface area (Å²) in [5.41, 5.74) is 1.79. The van der Waals surface area contributed by atoms with Gasteiger partial charge in [0.1, 0.15) is 5.02 Å². The van der Waals surface area contributed by atoms with Gasteiger partial charge in [0.05, 0.1) is 16.9 Å². The second kappa shape index (κ2) is 5.08. The highest BCUT2D eigenvalue weighted by molar-refractivity contribution is 6.35. The van der Waals surface area contributed by atoms with Crippen LogP contribution in [-0.4, -0.2) is 9.97 Å². The van der Waals surface area contributed by atoms with E-state index in [0.29, 0.717) is 21.6 Å². The molecule has 3 nitrogen and oxygen atoms in total. The van der Waals surface area contributed by atoms with Crippen LogP contribution in [0.2, 0.25) is 15.3 Å². The number of nitrogens with one attached hydrogen (secondary N) is 1. The van der Waals surface area contributed by atoms with Crippen LogP contribution in [0.15, 0.2) is 24.4 Å². The van der Waals surface area contributed by atoms with Gasteiger partial charge in [0.2, 0.25) is 5.28 Å². The van der Waals surface area contributed by atoms with Crippen molar-refractivity contribution in [1.82, 2.24) is 9.97 Å². The summed E-state index contributed by atoms with van der Waals surface area (Å²) in [6, 6.07) is 5.63. The molecule has 2 aromatic rings. The van der Waals surface area contributed by atoms with E-state index in [2.05, 4.69) is 15.3 Å². The summed E-state index contributed by atoms with van der Waals surface area (Å²) in [4.78, 5) is 7.75. The lowest BCUT2D eigenvalue weighted by Crippen LogP contribution is -1.97. The molecule has 0 fully saturated rings. The van der Waals surface area contributed by atoms with Gasteiger partial charge in [-0.1, -0.05) is 29.3 Å². The third-order valence-corrected chi connectivity index (χ3v) is 2.86. The number of halogens is 3. The molecule has 2 rings (SSSR count). The van der Waals surface area contributed by atoms with Crippen LogP contribution in [0.25, 0.3) is 0 Å². The highest BCUT2D eigenvalue weighted by atomic mass is 35.5. The Morgan fingerprint density at radius 1 is 1.12 bits per heavy atom. The fraction of sp³-hybridized carbons (Fsp3) is 0.0909. The number of benzene rings is 1. The number of aromatic nitrogens is 2. The summed E-state index contributed by atoms with van der Waals surface area (Å²) in [7, 11) is 0. The molecular weight excluding hydrogens is 281 g/mol. The molecule has 0 atom stereocenters. The van der Waals surface area contributed by atoms with Gasteiger partial charge in [-0.15, -0.1) is 0 Å². The van der Waals surface area contributed by atoms with E-state index in [1.807, 2.05) is 25.1 Å². The molecule has 6 heteroatoms. The number of anilines is 2. The number of hydrogen-bond donors (Lipinski definition) is 1. The van der Waals surface area contributed by atoms with Gasteiger partial charge in [0, 0.05) is 0 Å². The molecule has 0 amide bonds. The molecule has 0 aliphatic rings. The van der Waals surface area contributed by atoms with Gasteiger partial charge < -0.3 is 5.32 Å². The molecule has 0 radical (unpaired) electrons.